The first-order chi connectivity index (χ1) is 8.58. The zero-order chi connectivity index (χ0) is 13.1. The molecule has 1 aromatic carbocycles. The second kappa shape index (κ2) is 5.57. The van der Waals surface area contributed by atoms with Crippen molar-refractivity contribution in [1.82, 2.24) is 0 Å². The van der Waals surface area contributed by atoms with Crippen molar-refractivity contribution in [3.05, 3.63) is 33.3 Å². The van der Waals surface area contributed by atoms with Gasteiger partial charge < -0.3 is 5.32 Å². The van der Waals surface area contributed by atoms with Crippen LogP contribution in [0.3, 0.4) is 0 Å². The number of halogens is 1. The lowest BCUT2D eigenvalue weighted by atomic mass is 9.86. The highest BCUT2D eigenvalue weighted by atomic mass is 35.5. The Morgan fingerprint density at radius 1 is 1.39 bits per heavy atom. The summed E-state index contributed by atoms with van der Waals surface area (Å²) in [6.07, 6.45) is 4.76. The second-order valence-corrected chi connectivity index (χ2v) is 5.34. The van der Waals surface area contributed by atoms with Crippen LogP contribution in [0.1, 0.15) is 32.6 Å². The van der Waals surface area contributed by atoms with E-state index < -0.39 is 4.92 Å². The van der Waals surface area contributed by atoms with E-state index in [0.717, 1.165) is 6.42 Å². The van der Waals surface area contributed by atoms with Crippen LogP contribution in [0.2, 0.25) is 5.02 Å². The monoisotopic (exact) mass is 268 g/mol. The number of rotatable bonds is 3. The van der Waals surface area contributed by atoms with Gasteiger partial charge in [-0.3, -0.25) is 10.1 Å². The number of nitrogens with one attached hydrogen (secondary N) is 1. The van der Waals surface area contributed by atoms with Crippen LogP contribution < -0.4 is 5.32 Å². The molecule has 1 aromatic rings. The van der Waals surface area contributed by atoms with Gasteiger partial charge in [-0.1, -0.05) is 31.4 Å². The number of benzene rings is 1. The van der Waals surface area contributed by atoms with Crippen molar-refractivity contribution in [2.45, 2.75) is 38.6 Å². The third kappa shape index (κ3) is 2.93. The highest BCUT2D eigenvalue weighted by Gasteiger charge is 2.22. The highest BCUT2D eigenvalue weighted by molar-refractivity contribution is 6.33. The average molecular weight is 269 g/mol. The standard InChI is InChI=1S/C13H17ClN2O2/c1-9-4-2-3-5-12(9)15-13-8-10(16(17)18)6-7-11(13)14/h6-9,12,15H,2-5H2,1H3. The molecule has 18 heavy (non-hydrogen) atoms. The van der Waals surface area contributed by atoms with E-state index in [1.165, 1.54) is 31.4 Å². The van der Waals surface area contributed by atoms with E-state index in [9.17, 15) is 10.1 Å². The van der Waals surface area contributed by atoms with Gasteiger partial charge in [0.1, 0.15) is 0 Å². The number of hydrogen-bond donors (Lipinski definition) is 1. The van der Waals surface area contributed by atoms with E-state index in [1.807, 2.05) is 0 Å². The van der Waals surface area contributed by atoms with Crippen LogP contribution in [-0.4, -0.2) is 11.0 Å². The van der Waals surface area contributed by atoms with E-state index in [0.29, 0.717) is 22.7 Å². The molecular weight excluding hydrogens is 252 g/mol. The summed E-state index contributed by atoms with van der Waals surface area (Å²) in [7, 11) is 0. The molecule has 0 radical (unpaired) electrons. The molecule has 2 unspecified atom stereocenters. The molecule has 4 nitrogen and oxygen atoms in total. The van der Waals surface area contributed by atoms with Crippen LogP contribution in [0, 0.1) is 16.0 Å². The van der Waals surface area contributed by atoms with Gasteiger partial charge in [0.05, 0.1) is 15.6 Å². The average Bonchev–Trinajstić information content (AvgIpc) is 2.34. The molecular formula is C13H17ClN2O2. The minimum absolute atomic E-state index is 0.0744. The molecule has 2 rings (SSSR count). The molecule has 0 bridgehead atoms. The fourth-order valence-electron chi connectivity index (χ4n) is 2.47. The van der Waals surface area contributed by atoms with Crippen molar-refractivity contribution < 1.29 is 4.92 Å². The summed E-state index contributed by atoms with van der Waals surface area (Å²) in [4.78, 5) is 10.4. The summed E-state index contributed by atoms with van der Waals surface area (Å²) < 4.78 is 0. The highest BCUT2D eigenvalue weighted by Crippen LogP contribution is 2.31. The Morgan fingerprint density at radius 3 is 2.78 bits per heavy atom. The molecule has 98 valence electrons. The number of nitro benzene ring substituents is 1. The van der Waals surface area contributed by atoms with Gasteiger partial charge in [0.2, 0.25) is 0 Å². The maximum atomic E-state index is 10.8. The molecule has 0 amide bonds. The first-order valence-electron chi connectivity index (χ1n) is 6.28. The zero-order valence-corrected chi connectivity index (χ0v) is 11.1. The third-order valence-electron chi connectivity index (χ3n) is 3.61. The summed E-state index contributed by atoms with van der Waals surface area (Å²) in [6.45, 7) is 2.21. The minimum Gasteiger partial charge on any atom is -0.381 e. The van der Waals surface area contributed by atoms with Gasteiger partial charge in [0, 0.05) is 18.2 Å². The van der Waals surface area contributed by atoms with Gasteiger partial charge in [0.25, 0.3) is 5.69 Å². The van der Waals surface area contributed by atoms with E-state index in [-0.39, 0.29) is 5.69 Å². The van der Waals surface area contributed by atoms with Crippen molar-refractivity contribution >= 4 is 23.0 Å². The van der Waals surface area contributed by atoms with E-state index in [4.69, 9.17) is 11.6 Å². The van der Waals surface area contributed by atoms with Gasteiger partial charge in [-0.15, -0.1) is 0 Å². The van der Waals surface area contributed by atoms with Crippen molar-refractivity contribution in [2.75, 3.05) is 5.32 Å². The number of nitro groups is 1. The van der Waals surface area contributed by atoms with E-state index in [1.54, 1.807) is 6.07 Å². The van der Waals surface area contributed by atoms with Gasteiger partial charge in [-0.2, -0.15) is 0 Å². The summed E-state index contributed by atoms with van der Waals surface area (Å²) in [5.41, 5.74) is 0.745. The fraction of sp³-hybridized carbons (Fsp3) is 0.538. The summed E-state index contributed by atoms with van der Waals surface area (Å²) in [5.74, 6) is 0.578. The third-order valence-corrected chi connectivity index (χ3v) is 3.94. The summed E-state index contributed by atoms with van der Waals surface area (Å²) in [5, 5.41) is 14.7. The van der Waals surface area contributed by atoms with Gasteiger partial charge in [0.15, 0.2) is 0 Å². The van der Waals surface area contributed by atoms with Crippen LogP contribution in [0.25, 0.3) is 0 Å². The molecule has 5 heteroatoms. The van der Waals surface area contributed by atoms with Gasteiger partial charge in [-0.25, -0.2) is 0 Å². The number of non-ortho nitro benzene ring substituents is 1. The van der Waals surface area contributed by atoms with Crippen LogP contribution >= 0.6 is 11.6 Å². The van der Waals surface area contributed by atoms with Crippen molar-refractivity contribution in [2.24, 2.45) is 5.92 Å². The lowest BCUT2D eigenvalue weighted by molar-refractivity contribution is -0.384. The van der Waals surface area contributed by atoms with Gasteiger partial charge in [-0.05, 0) is 24.8 Å². The molecule has 0 spiro atoms. The molecule has 0 heterocycles. The quantitative estimate of drug-likeness (QED) is 0.659. The summed E-state index contributed by atoms with van der Waals surface area (Å²) >= 11 is 6.08. The first-order valence-corrected chi connectivity index (χ1v) is 6.66. The van der Waals surface area contributed by atoms with E-state index in [2.05, 4.69) is 12.2 Å². The number of hydrogen-bond acceptors (Lipinski definition) is 3. The zero-order valence-electron chi connectivity index (χ0n) is 10.4. The predicted molar refractivity (Wildman–Crippen MR) is 73.1 cm³/mol. The SMILES string of the molecule is CC1CCCCC1Nc1cc([N+](=O)[O-])ccc1Cl. The summed E-state index contributed by atoms with van der Waals surface area (Å²) in [6, 6.07) is 4.88. The second-order valence-electron chi connectivity index (χ2n) is 4.93. The molecule has 2 atom stereocenters. The van der Waals surface area contributed by atoms with E-state index >= 15 is 0 Å². The van der Waals surface area contributed by atoms with Crippen LogP contribution in [-0.2, 0) is 0 Å². The normalized spacial score (nSPS) is 23.7. The molecule has 1 aliphatic carbocycles. The molecule has 0 saturated heterocycles. The van der Waals surface area contributed by atoms with Crippen LogP contribution in [0.15, 0.2) is 18.2 Å². The Kier molecular flexibility index (Phi) is 4.07. The molecule has 1 N–H and O–H groups in total. The Balaban J connectivity index is 2.17. The van der Waals surface area contributed by atoms with Crippen molar-refractivity contribution in [3.63, 3.8) is 0 Å². The lowest BCUT2D eigenvalue weighted by Gasteiger charge is -2.30. The Morgan fingerprint density at radius 2 is 2.11 bits per heavy atom. The first kappa shape index (κ1) is 13.1. The topological polar surface area (TPSA) is 55.2 Å². The Hall–Kier alpha value is -1.29. The molecule has 0 aromatic heterocycles. The lowest BCUT2D eigenvalue weighted by Crippen LogP contribution is -2.30. The van der Waals surface area contributed by atoms with Gasteiger partial charge >= 0.3 is 0 Å². The Labute approximate surface area is 111 Å². The largest absolute Gasteiger partial charge is 0.381 e. The maximum Gasteiger partial charge on any atom is 0.271 e. The van der Waals surface area contributed by atoms with Crippen LogP contribution in [0.5, 0.6) is 0 Å². The molecule has 0 aliphatic heterocycles. The minimum atomic E-state index is -0.397. The van der Waals surface area contributed by atoms with Crippen molar-refractivity contribution in [3.8, 4) is 0 Å². The molecule has 1 aliphatic rings. The van der Waals surface area contributed by atoms with Crippen molar-refractivity contribution in [1.29, 1.82) is 0 Å². The molecule has 1 fully saturated rings. The predicted octanol–water partition coefficient (Wildman–Crippen LogP) is 4.24. The molecule has 1 saturated carbocycles. The smallest absolute Gasteiger partial charge is 0.271 e. The van der Waals surface area contributed by atoms with Crippen LogP contribution in [0.4, 0.5) is 11.4 Å². The fourth-order valence-corrected chi connectivity index (χ4v) is 2.64. The number of nitrogens with zero attached hydrogens (tertiary/aromatic N) is 1. The maximum absolute atomic E-state index is 10.8. The Bertz CT molecular complexity index is 451. The number of anilines is 1.